The van der Waals surface area contributed by atoms with Crippen molar-refractivity contribution in [1.82, 2.24) is 4.98 Å². The van der Waals surface area contributed by atoms with Crippen LogP contribution in [-0.2, 0) is 0 Å². The molecule has 1 heterocycles. The molecule has 0 amide bonds. The molecule has 92 valence electrons. The molecule has 0 radical (unpaired) electrons. The van der Waals surface area contributed by atoms with Crippen LogP contribution < -0.4 is 5.32 Å². The van der Waals surface area contributed by atoms with Gasteiger partial charge in [-0.2, -0.15) is 0 Å². The highest BCUT2D eigenvalue weighted by molar-refractivity contribution is 5.48. The minimum atomic E-state index is -0.412. The Morgan fingerprint density at radius 1 is 1.41 bits per heavy atom. The number of anilines is 1. The molecule has 1 aromatic rings. The van der Waals surface area contributed by atoms with Crippen molar-refractivity contribution >= 4 is 11.5 Å². The molecule has 0 unspecified atom stereocenters. The van der Waals surface area contributed by atoms with Crippen LogP contribution in [0.15, 0.2) is 12.3 Å². The van der Waals surface area contributed by atoms with Gasteiger partial charge in [0.1, 0.15) is 12.0 Å². The summed E-state index contributed by atoms with van der Waals surface area (Å²) < 4.78 is 0. The van der Waals surface area contributed by atoms with Gasteiger partial charge in [0.05, 0.1) is 4.92 Å². The Bertz CT molecular complexity index is 414. The molecule has 1 fully saturated rings. The molecule has 0 aromatic carbocycles. The summed E-state index contributed by atoms with van der Waals surface area (Å²) in [5.74, 6) is 0.780. The van der Waals surface area contributed by atoms with Gasteiger partial charge in [-0.25, -0.2) is 4.98 Å². The van der Waals surface area contributed by atoms with E-state index in [1.54, 1.807) is 6.07 Å². The van der Waals surface area contributed by atoms with Crippen LogP contribution in [0.2, 0.25) is 0 Å². The van der Waals surface area contributed by atoms with Crippen molar-refractivity contribution in [3.63, 3.8) is 0 Å². The summed E-state index contributed by atoms with van der Waals surface area (Å²) in [5.41, 5.74) is 0.890. The van der Waals surface area contributed by atoms with Crippen molar-refractivity contribution in [2.75, 3.05) is 5.32 Å². The minimum absolute atomic E-state index is 0.0525. The Hall–Kier alpha value is -1.65. The zero-order valence-corrected chi connectivity index (χ0v) is 9.98. The van der Waals surface area contributed by atoms with Crippen molar-refractivity contribution in [1.29, 1.82) is 0 Å². The molecule has 1 N–H and O–H groups in total. The Morgan fingerprint density at radius 3 is 2.71 bits per heavy atom. The zero-order chi connectivity index (χ0) is 12.3. The lowest BCUT2D eigenvalue weighted by Gasteiger charge is -2.23. The summed E-state index contributed by atoms with van der Waals surface area (Å²) >= 11 is 0. The first-order valence-corrected chi connectivity index (χ1v) is 6.04. The number of pyridine rings is 1. The summed E-state index contributed by atoms with van der Waals surface area (Å²) in [4.78, 5) is 14.3. The number of nitrogens with one attached hydrogen (secondary N) is 1. The molecule has 0 aliphatic heterocycles. The lowest BCUT2D eigenvalue weighted by Crippen LogP contribution is -2.23. The maximum atomic E-state index is 10.6. The Kier molecular flexibility index (Phi) is 3.56. The van der Waals surface area contributed by atoms with E-state index in [0.717, 1.165) is 24.2 Å². The standard InChI is InChI=1S/C12H17N3O2/c1-9-7-11(15(16)17)8-13-12(9)14-10-5-3-2-4-6-10/h7-8,10H,2-6H2,1H3,(H,13,14). The van der Waals surface area contributed by atoms with Crippen LogP contribution in [0.4, 0.5) is 11.5 Å². The minimum Gasteiger partial charge on any atom is -0.367 e. The summed E-state index contributed by atoms with van der Waals surface area (Å²) in [6.45, 7) is 1.85. The Labute approximate surface area is 100 Å². The highest BCUT2D eigenvalue weighted by Gasteiger charge is 2.15. The summed E-state index contributed by atoms with van der Waals surface area (Å²) in [6.07, 6.45) is 7.46. The highest BCUT2D eigenvalue weighted by atomic mass is 16.6. The van der Waals surface area contributed by atoms with E-state index < -0.39 is 4.92 Å². The predicted octanol–water partition coefficient (Wildman–Crippen LogP) is 3.04. The Balaban J connectivity index is 2.08. The number of aryl methyl sites for hydroxylation is 1. The molecule has 1 aliphatic carbocycles. The van der Waals surface area contributed by atoms with Crippen molar-refractivity contribution in [3.8, 4) is 0 Å². The number of rotatable bonds is 3. The van der Waals surface area contributed by atoms with E-state index in [0.29, 0.717) is 6.04 Å². The van der Waals surface area contributed by atoms with Crippen LogP contribution in [0.5, 0.6) is 0 Å². The number of nitro groups is 1. The van der Waals surface area contributed by atoms with Crippen LogP contribution in [0.1, 0.15) is 37.7 Å². The quantitative estimate of drug-likeness (QED) is 0.645. The smallest absolute Gasteiger partial charge is 0.287 e. The molecule has 0 saturated heterocycles. The fraction of sp³-hybridized carbons (Fsp3) is 0.583. The average molecular weight is 235 g/mol. The third-order valence-corrected chi connectivity index (χ3v) is 3.22. The van der Waals surface area contributed by atoms with Gasteiger partial charge in [0.25, 0.3) is 5.69 Å². The first-order valence-electron chi connectivity index (χ1n) is 6.04. The first-order chi connectivity index (χ1) is 8.16. The average Bonchev–Trinajstić information content (AvgIpc) is 2.33. The van der Waals surface area contributed by atoms with E-state index in [1.165, 1.54) is 25.5 Å². The first kappa shape index (κ1) is 11.8. The van der Waals surface area contributed by atoms with Gasteiger partial charge in [0.2, 0.25) is 0 Å². The van der Waals surface area contributed by atoms with Crippen LogP contribution in [0.3, 0.4) is 0 Å². The summed E-state index contributed by atoms with van der Waals surface area (Å²) in [5, 5.41) is 14.0. The third-order valence-electron chi connectivity index (χ3n) is 3.22. The normalized spacial score (nSPS) is 16.8. The van der Waals surface area contributed by atoms with Crippen LogP contribution >= 0.6 is 0 Å². The lowest BCUT2D eigenvalue weighted by atomic mass is 9.95. The van der Waals surface area contributed by atoms with Crippen molar-refractivity contribution < 1.29 is 4.92 Å². The Morgan fingerprint density at radius 2 is 2.12 bits per heavy atom. The second kappa shape index (κ2) is 5.12. The van der Waals surface area contributed by atoms with E-state index in [9.17, 15) is 10.1 Å². The number of hydrogen-bond acceptors (Lipinski definition) is 4. The molecule has 5 nitrogen and oxygen atoms in total. The third kappa shape index (κ3) is 2.93. The van der Waals surface area contributed by atoms with E-state index in [4.69, 9.17) is 0 Å². The molecular weight excluding hydrogens is 218 g/mol. The lowest BCUT2D eigenvalue weighted by molar-refractivity contribution is -0.385. The topological polar surface area (TPSA) is 68.1 Å². The van der Waals surface area contributed by atoms with Crippen molar-refractivity contribution in [2.45, 2.75) is 45.1 Å². The number of nitrogens with zero attached hydrogens (tertiary/aromatic N) is 2. The molecule has 2 rings (SSSR count). The largest absolute Gasteiger partial charge is 0.367 e. The van der Waals surface area contributed by atoms with E-state index >= 15 is 0 Å². The van der Waals surface area contributed by atoms with Gasteiger partial charge in [-0.1, -0.05) is 19.3 Å². The van der Waals surface area contributed by atoms with Gasteiger partial charge in [-0.3, -0.25) is 10.1 Å². The number of hydrogen-bond donors (Lipinski definition) is 1. The fourth-order valence-corrected chi connectivity index (χ4v) is 2.25. The van der Waals surface area contributed by atoms with Crippen molar-refractivity contribution in [2.24, 2.45) is 0 Å². The molecule has 0 atom stereocenters. The van der Waals surface area contributed by atoms with E-state index in [1.807, 2.05) is 6.92 Å². The van der Waals surface area contributed by atoms with Crippen LogP contribution in [-0.4, -0.2) is 15.9 Å². The summed E-state index contributed by atoms with van der Waals surface area (Å²) in [6, 6.07) is 2.04. The van der Waals surface area contributed by atoms with Gasteiger partial charge in [-0.05, 0) is 25.3 Å². The zero-order valence-electron chi connectivity index (χ0n) is 9.98. The van der Waals surface area contributed by atoms with Gasteiger partial charge in [0, 0.05) is 12.1 Å². The molecule has 0 bridgehead atoms. The van der Waals surface area contributed by atoms with Gasteiger partial charge in [0.15, 0.2) is 0 Å². The van der Waals surface area contributed by atoms with Gasteiger partial charge < -0.3 is 5.32 Å². The maximum absolute atomic E-state index is 10.6. The molecule has 1 aromatic heterocycles. The van der Waals surface area contributed by atoms with Crippen LogP contribution in [0, 0.1) is 17.0 Å². The second-order valence-corrected chi connectivity index (χ2v) is 4.60. The SMILES string of the molecule is Cc1cc([N+](=O)[O-])cnc1NC1CCCCC1. The molecule has 0 spiro atoms. The monoisotopic (exact) mass is 235 g/mol. The van der Waals surface area contributed by atoms with Crippen molar-refractivity contribution in [3.05, 3.63) is 27.9 Å². The number of aromatic nitrogens is 1. The molecular formula is C12H17N3O2. The van der Waals surface area contributed by atoms with E-state index in [-0.39, 0.29) is 5.69 Å². The second-order valence-electron chi connectivity index (χ2n) is 4.60. The van der Waals surface area contributed by atoms with Gasteiger partial charge in [-0.15, -0.1) is 0 Å². The molecule has 5 heteroatoms. The maximum Gasteiger partial charge on any atom is 0.287 e. The fourth-order valence-electron chi connectivity index (χ4n) is 2.25. The molecule has 1 saturated carbocycles. The highest BCUT2D eigenvalue weighted by Crippen LogP contribution is 2.23. The van der Waals surface area contributed by atoms with Gasteiger partial charge >= 0.3 is 0 Å². The molecule has 1 aliphatic rings. The molecule has 17 heavy (non-hydrogen) atoms. The van der Waals surface area contributed by atoms with Crippen LogP contribution in [0.25, 0.3) is 0 Å². The van der Waals surface area contributed by atoms with E-state index in [2.05, 4.69) is 10.3 Å². The predicted molar refractivity (Wildman–Crippen MR) is 66.1 cm³/mol. The summed E-state index contributed by atoms with van der Waals surface area (Å²) in [7, 11) is 0.